The first kappa shape index (κ1) is 10.0. The molecule has 0 N–H and O–H groups in total. The molecule has 0 saturated heterocycles. The van der Waals surface area contributed by atoms with Gasteiger partial charge in [-0.05, 0) is 31.6 Å². The van der Waals surface area contributed by atoms with Gasteiger partial charge in [-0.2, -0.15) is 0 Å². The van der Waals surface area contributed by atoms with E-state index in [0.29, 0.717) is 6.10 Å². The second kappa shape index (κ2) is 4.86. The van der Waals surface area contributed by atoms with Crippen molar-refractivity contribution in [2.75, 3.05) is 6.61 Å². The van der Waals surface area contributed by atoms with Gasteiger partial charge in [0.2, 0.25) is 0 Å². The minimum absolute atomic E-state index is 0.550. The van der Waals surface area contributed by atoms with Gasteiger partial charge in [-0.15, -0.1) is 0 Å². The van der Waals surface area contributed by atoms with E-state index in [-0.39, 0.29) is 0 Å². The average molecular weight is 170 g/mol. The van der Waals surface area contributed by atoms with Crippen LogP contribution < -0.4 is 0 Å². The van der Waals surface area contributed by atoms with Crippen LogP contribution in [0.25, 0.3) is 0 Å². The topological polar surface area (TPSA) is 9.23 Å². The summed E-state index contributed by atoms with van der Waals surface area (Å²) >= 11 is 0. The molecule has 0 spiro atoms. The largest absolute Gasteiger partial charge is 0.378 e. The third kappa shape index (κ3) is 2.48. The van der Waals surface area contributed by atoms with Crippen molar-refractivity contribution >= 4 is 0 Å². The summed E-state index contributed by atoms with van der Waals surface area (Å²) in [5.74, 6) is 1.71. The van der Waals surface area contributed by atoms with Gasteiger partial charge in [-0.25, -0.2) is 0 Å². The van der Waals surface area contributed by atoms with Gasteiger partial charge < -0.3 is 4.74 Å². The molecule has 1 saturated carbocycles. The van der Waals surface area contributed by atoms with E-state index in [2.05, 4.69) is 20.8 Å². The van der Waals surface area contributed by atoms with Crippen molar-refractivity contribution in [1.82, 2.24) is 0 Å². The van der Waals surface area contributed by atoms with Crippen LogP contribution in [0.3, 0.4) is 0 Å². The predicted molar refractivity (Wildman–Crippen MR) is 52.2 cm³/mol. The quantitative estimate of drug-likeness (QED) is 0.632. The fourth-order valence-corrected chi connectivity index (χ4v) is 2.18. The van der Waals surface area contributed by atoms with Crippen molar-refractivity contribution in [3.8, 4) is 0 Å². The Balaban J connectivity index is 2.36. The van der Waals surface area contributed by atoms with E-state index < -0.39 is 0 Å². The van der Waals surface area contributed by atoms with Crippen LogP contribution in [0.5, 0.6) is 0 Å². The Hall–Kier alpha value is -0.0400. The molecule has 3 unspecified atom stereocenters. The van der Waals surface area contributed by atoms with E-state index in [1.54, 1.807) is 0 Å². The summed E-state index contributed by atoms with van der Waals surface area (Å²) < 4.78 is 5.73. The second-order valence-electron chi connectivity index (χ2n) is 4.06. The molecule has 0 aliphatic heterocycles. The molecule has 1 heteroatoms. The lowest BCUT2D eigenvalue weighted by atomic mass is 9.79. The van der Waals surface area contributed by atoms with Gasteiger partial charge >= 0.3 is 0 Å². The van der Waals surface area contributed by atoms with E-state index in [1.165, 1.54) is 25.7 Å². The zero-order valence-corrected chi connectivity index (χ0v) is 8.68. The summed E-state index contributed by atoms with van der Waals surface area (Å²) in [7, 11) is 0. The fraction of sp³-hybridized carbons (Fsp3) is 1.00. The van der Waals surface area contributed by atoms with Gasteiger partial charge in [0.1, 0.15) is 0 Å². The number of hydrogen-bond donors (Lipinski definition) is 0. The molecule has 1 fully saturated rings. The van der Waals surface area contributed by atoms with Crippen molar-refractivity contribution in [3.63, 3.8) is 0 Å². The van der Waals surface area contributed by atoms with E-state index >= 15 is 0 Å². The van der Waals surface area contributed by atoms with Gasteiger partial charge in [0.05, 0.1) is 6.10 Å². The minimum atomic E-state index is 0.550. The van der Waals surface area contributed by atoms with E-state index in [9.17, 15) is 0 Å². The molecule has 1 aliphatic carbocycles. The first-order valence-corrected chi connectivity index (χ1v) is 5.39. The van der Waals surface area contributed by atoms with Gasteiger partial charge in [0, 0.05) is 6.61 Å². The van der Waals surface area contributed by atoms with Crippen LogP contribution >= 0.6 is 0 Å². The summed E-state index contributed by atoms with van der Waals surface area (Å²) in [4.78, 5) is 0. The highest BCUT2D eigenvalue weighted by atomic mass is 16.5. The van der Waals surface area contributed by atoms with Gasteiger partial charge in [0.15, 0.2) is 0 Å². The lowest BCUT2D eigenvalue weighted by molar-refractivity contribution is -0.0147. The summed E-state index contributed by atoms with van der Waals surface area (Å²) in [6.45, 7) is 7.60. The standard InChI is InChI=1S/C11H22O/c1-4-10-7-6-9(3)11(8-10)12-5-2/h9-11H,4-8H2,1-3H3. The highest BCUT2D eigenvalue weighted by Crippen LogP contribution is 2.32. The van der Waals surface area contributed by atoms with Crippen LogP contribution in [-0.2, 0) is 4.74 Å². The Morgan fingerprint density at radius 3 is 2.58 bits per heavy atom. The molecule has 12 heavy (non-hydrogen) atoms. The molecule has 0 bridgehead atoms. The molecule has 0 aromatic heterocycles. The SMILES string of the molecule is CCOC1CC(CC)CCC1C. The fourth-order valence-electron chi connectivity index (χ4n) is 2.18. The first-order valence-electron chi connectivity index (χ1n) is 5.39. The van der Waals surface area contributed by atoms with Crippen LogP contribution in [0, 0.1) is 11.8 Å². The van der Waals surface area contributed by atoms with Crippen LogP contribution in [0.2, 0.25) is 0 Å². The van der Waals surface area contributed by atoms with Crippen LogP contribution in [0.15, 0.2) is 0 Å². The molecule has 0 aromatic rings. The molecule has 0 amide bonds. The molecule has 0 radical (unpaired) electrons. The predicted octanol–water partition coefficient (Wildman–Crippen LogP) is 3.24. The maximum Gasteiger partial charge on any atom is 0.0603 e. The van der Waals surface area contributed by atoms with E-state index in [1.807, 2.05) is 0 Å². The smallest absolute Gasteiger partial charge is 0.0603 e. The minimum Gasteiger partial charge on any atom is -0.378 e. The molecule has 1 aliphatic rings. The van der Waals surface area contributed by atoms with Gasteiger partial charge in [-0.3, -0.25) is 0 Å². The van der Waals surface area contributed by atoms with E-state index in [0.717, 1.165) is 18.4 Å². The zero-order valence-electron chi connectivity index (χ0n) is 8.68. The molecule has 1 nitrogen and oxygen atoms in total. The summed E-state index contributed by atoms with van der Waals surface area (Å²) in [6.07, 6.45) is 5.96. The summed E-state index contributed by atoms with van der Waals surface area (Å²) in [5.41, 5.74) is 0. The monoisotopic (exact) mass is 170 g/mol. The van der Waals surface area contributed by atoms with Gasteiger partial charge in [-0.1, -0.05) is 26.7 Å². The Morgan fingerprint density at radius 1 is 1.25 bits per heavy atom. The van der Waals surface area contributed by atoms with Crippen molar-refractivity contribution < 1.29 is 4.74 Å². The molecular weight excluding hydrogens is 148 g/mol. The molecule has 0 aromatic carbocycles. The lowest BCUT2D eigenvalue weighted by Gasteiger charge is -2.33. The number of rotatable bonds is 3. The second-order valence-corrected chi connectivity index (χ2v) is 4.06. The third-order valence-electron chi connectivity index (χ3n) is 3.19. The third-order valence-corrected chi connectivity index (χ3v) is 3.19. The average Bonchev–Trinajstić information content (AvgIpc) is 2.09. The Bertz CT molecular complexity index is 122. The molecule has 0 heterocycles. The Morgan fingerprint density at radius 2 is 2.00 bits per heavy atom. The zero-order chi connectivity index (χ0) is 8.97. The molecular formula is C11H22O. The Kier molecular flexibility index (Phi) is 4.07. The normalized spacial score (nSPS) is 36.8. The lowest BCUT2D eigenvalue weighted by Crippen LogP contribution is -2.30. The highest BCUT2D eigenvalue weighted by Gasteiger charge is 2.26. The van der Waals surface area contributed by atoms with Crippen molar-refractivity contribution in [2.24, 2.45) is 11.8 Å². The van der Waals surface area contributed by atoms with E-state index in [4.69, 9.17) is 4.74 Å². The maximum atomic E-state index is 5.73. The van der Waals surface area contributed by atoms with Crippen molar-refractivity contribution in [2.45, 2.75) is 52.6 Å². The maximum absolute atomic E-state index is 5.73. The van der Waals surface area contributed by atoms with Crippen molar-refractivity contribution in [3.05, 3.63) is 0 Å². The summed E-state index contributed by atoms with van der Waals surface area (Å²) in [5, 5.41) is 0. The van der Waals surface area contributed by atoms with Crippen LogP contribution in [-0.4, -0.2) is 12.7 Å². The van der Waals surface area contributed by atoms with Crippen LogP contribution in [0.1, 0.15) is 46.5 Å². The summed E-state index contributed by atoms with van der Waals surface area (Å²) in [6, 6.07) is 0. The first-order chi connectivity index (χ1) is 5.77. The molecule has 3 atom stereocenters. The highest BCUT2D eigenvalue weighted by molar-refractivity contribution is 4.77. The number of hydrogen-bond acceptors (Lipinski definition) is 1. The van der Waals surface area contributed by atoms with Gasteiger partial charge in [0.25, 0.3) is 0 Å². The Labute approximate surface area is 76.5 Å². The van der Waals surface area contributed by atoms with Crippen LogP contribution in [0.4, 0.5) is 0 Å². The molecule has 1 rings (SSSR count). The van der Waals surface area contributed by atoms with Crippen molar-refractivity contribution in [1.29, 1.82) is 0 Å². The number of ether oxygens (including phenoxy) is 1. The molecule has 72 valence electrons.